The maximum atomic E-state index is 12.5. The van der Waals surface area contributed by atoms with Crippen LogP contribution in [0.15, 0.2) is 84.3 Å². The Morgan fingerprint density at radius 1 is 1.00 bits per heavy atom. The molecule has 0 fully saturated rings. The van der Waals surface area contributed by atoms with Crippen molar-refractivity contribution in [1.29, 1.82) is 0 Å². The number of pyridine rings is 1. The van der Waals surface area contributed by atoms with Gasteiger partial charge in [0.1, 0.15) is 0 Å². The second kappa shape index (κ2) is 10.9. The fourth-order valence-electron chi connectivity index (χ4n) is 3.61. The largest absolute Gasteiger partial charge is 0.355 e. The number of nitrogens with zero attached hydrogens (tertiary/aromatic N) is 4. The van der Waals surface area contributed by atoms with E-state index in [9.17, 15) is 4.79 Å². The van der Waals surface area contributed by atoms with Crippen molar-refractivity contribution in [2.45, 2.75) is 31.3 Å². The first kappa shape index (κ1) is 22.7. The van der Waals surface area contributed by atoms with Crippen molar-refractivity contribution in [2.24, 2.45) is 0 Å². The SMILES string of the molecule is CC(C)c1ccccc1-n1c(SCC(=O)NCCc2ccccc2)nnc1-c1cccnc1. The van der Waals surface area contributed by atoms with E-state index in [0.29, 0.717) is 23.4 Å². The van der Waals surface area contributed by atoms with E-state index in [1.54, 1.807) is 12.4 Å². The summed E-state index contributed by atoms with van der Waals surface area (Å²) in [4.78, 5) is 16.8. The highest BCUT2D eigenvalue weighted by atomic mass is 32.2. The number of aromatic nitrogens is 4. The van der Waals surface area contributed by atoms with Gasteiger partial charge in [-0.25, -0.2) is 0 Å². The van der Waals surface area contributed by atoms with Gasteiger partial charge >= 0.3 is 0 Å². The Balaban J connectivity index is 1.54. The lowest BCUT2D eigenvalue weighted by molar-refractivity contribution is -0.118. The molecule has 7 heteroatoms. The van der Waals surface area contributed by atoms with Gasteiger partial charge in [-0.2, -0.15) is 0 Å². The normalized spacial score (nSPS) is 11.0. The summed E-state index contributed by atoms with van der Waals surface area (Å²) in [5, 5.41) is 12.6. The first-order valence-corrected chi connectivity index (χ1v) is 12.0. The number of para-hydroxylation sites is 1. The van der Waals surface area contributed by atoms with Crippen LogP contribution in [0.5, 0.6) is 0 Å². The number of hydrogen-bond donors (Lipinski definition) is 1. The van der Waals surface area contributed by atoms with E-state index in [2.05, 4.69) is 58.6 Å². The van der Waals surface area contributed by atoms with E-state index in [0.717, 1.165) is 17.7 Å². The molecule has 0 saturated heterocycles. The first-order valence-electron chi connectivity index (χ1n) is 11.0. The molecule has 4 rings (SSSR count). The summed E-state index contributed by atoms with van der Waals surface area (Å²) in [6, 6.07) is 22.2. The minimum atomic E-state index is -0.0226. The van der Waals surface area contributed by atoms with E-state index < -0.39 is 0 Å². The highest BCUT2D eigenvalue weighted by Crippen LogP contribution is 2.31. The molecule has 168 valence electrons. The van der Waals surface area contributed by atoms with Crippen LogP contribution in [0.4, 0.5) is 0 Å². The number of amides is 1. The van der Waals surface area contributed by atoms with E-state index in [1.165, 1.54) is 22.9 Å². The summed E-state index contributed by atoms with van der Waals surface area (Å²) < 4.78 is 2.04. The zero-order chi connectivity index (χ0) is 23.0. The van der Waals surface area contributed by atoms with Crippen LogP contribution < -0.4 is 5.32 Å². The lowest BCUT2D eigenvalue weighted by Crippen LogP contribution is -2.27. The fraction of sp³-hybridized carbons (Fsp3) is 0.231. The quantitative estimate of drug-likeness (QED) is 0.362. The summed E-state index contributed by atoms with van der Waals surface area (Å²) in [5.74, 6) is 1.28. The van der Waals surface area contributed by atoms with Gasteiger partial charge in [0.25, 0.3) is 0 Å². The van der Waals surface area contributed by atoms with Crippen molar-refractivity contribution in [3.63, 3.8) is 0 Å². The number of thioether (sulfide) groups is 1. The van der Waals surface area contributed by atoms with Crippen LogP contribution in [-0.4, -0.2) is 38.0 Å². The number of carbonyl (C=O) groups excluding carboxylic acids is 1. The lowest BCUT2D eigenvalue weighted by atomic mass is 10.0. The number of hydrogen-bond acceptors (Lipinski definition) is 5. The second-order valence-electron chi connectivity index (χ2n) is 7.97. The van der Waals surface area contributed by atoms with Gasteiger partial charge in [0.15, 0.2) is 11.0 Å². The average molecular weight is 458 g/mol. The molecule has 0 aliphatic carbocycles. The van der Waals surface area contributed by atoms with Crippen molar-refractivity contribution < 1.29 is 4.79 Å². The van der Waals surface area contributed by atoms with Crippen LogP contribution in [0.2, 0.25) is 0 Å². The Kier molecular flexibility index (Phi) is 7.52. The third-order valence-corrected chi connectivity index (χ3v) is 6.19. The van der Waals surface area contributed by atoms with E-state index in [1.807, 2.05) is 47.0 Å². The topological polar surface area (TPSA) is 72.7 Å². The number of nitrogens with one attached hydrogen (secondary N) is 1. The van der Waals surface area contributed by atoms with Crippen LogP contribution in [0.1, 0.15) is 30.9 Å². The maximum absolute atomic E-state index is 12.5. The fourth-order valence-corrected chi connectivity index (χ4v) is 4.39. The van der Waals surface area contributed by atoms with Gasteiger partial charge < -0.3 is 5.32 Å². The van der Waals surface area contributed by atoms with E-state index in [4.69, 9.17) is 0 Å². The Bertz CT molecular complexity index is 1190. The monoisotopic (exact) mass is 457 g/mol. The number of benzene rings is 2. The first-order chi connectivity index (χ1) is 16.1. The van der Waals surface area contributed by atoms with Crippen LogP contribution in [0.25, 0.3) is 17.1 Å². The minimum absolute atomic E-state index is 0.0226. The molecular formula is C26H27N5OS. The van der Waals surface area contributed by atoms with Gasteiger partial charge in [-0.15, -0.1) is 10.2 Å². The van der Waals surface area contributed by atoms with Gasteiger partial charge in [0, 0.05) is 24.5 Å². The molecule has 0 unspecified atom stereocenters. The molecule has 2 aromatic heterocycles. The zero-order valence-electron chi connectivity index (χ0n) is 18.8. The van der Waals surface area contributed by atoms with Crippen molar-refractivity contribution >= 4 is 17.7 Å². The summed E-state index contributed by atoms with van der Waals surface area (Å²) in [5.41, 5.74) is 4.29. The summed E-state index contributed by atoms with van der Waals surface area (Å²) in [6.45, 7) is 4.94. The van der Waals surface area contributed by atoms with Gasteiger partial charge in [0.05, 0.1) is 11.4 Å². The van der Waals surface area contributed by atoms with Crippen LogP contribution in [-0.2, 0) is 11.2 Å². The Hall–Kier alpha value is -3.45. The second-order valence-corrected chi connectivity index (χ2v) is 8.91. The Labute approximate surface area is 198 Å². The van der Waals surface area contributed by atoms with Crippen molar-refractivity contribution in [2.75, 3.05) is 12.3 Å². The molecular weight excluding hydrogens is 430 g/mol. The summed E-state index contributed by atoms with van der Waals surface area (Å²) in [7, 11) is 0. The lowest BCUT2D eigenvalue weighted by Gasteiger charge is -2.16. The maximum Gasteiger partial charge on any atom is 0.230 e. The van der Waals surface area contributed by atoms with Crippen molar-refractivity contribution in [3.8, 4) is 17.1 Å². The Morgan fingerprint density at radius 3 is 2.55 bits per heavy atom. The number of rotatable bonds is 9. The molecule has 2 aromatic carbocycles. The molecule has 1 amide bonds. The van der Waals surface area contributed by atoms with Crippen LogP contribution in [0.3, 0.4) is 0 Å². The average Bonchev–Trinajstić information content (AvgIpc) is 3.28. The van der Waals surface area contributed by atoms with Gasteiger partial charge in [0.2, 0.25) is 5.91 Å². The van der Waals surface area contributed by atoms with Gasteiger partial charge in [-0.3, -0.25) is 14.3 Å². The highest BCUT2D eigenvalue weighted by Gasteiger charge is 2.20. The summed E-state index contributed by atoms with van der Waals surface area (Å²) >= 11 is 1.39. The molecule has 2 heterocycles. The molecule has 6 nitrogen and oxygen atoms in total. The number of carbonyl (C=O) groups is 1. The molecule has 0 saturated carbocycles. The third kappa shape index (κ3) is 5.68. The van der Waals surface area contributed by atoms with Crippen LogP contribution in [0, 0.1) is 0 Å². The molecule has 0 aliphatic heterocycles. The predicted octanol–water partition coefficient (Wildman–Crippen LogP) is 4.90. The molecule has 33 heavy (non-hydrogen) atoms. The highest BCUT2D eigenvalue weighted by molar-refractivity contribution is 7.99. The van der Waals surface area contributed by atoms with Crippen molar-refractivity contribution in [3.05, 3.63) is 90.3 Å². The van der Waals surface area contributed by atoms with Crippen LogP contribution >= 0.6 is 11.8 Å². The molecule has 1 N–H and O–H groups in total. The molecule has 4 aromatic rings. The Morgan fingerprint density at radius 2 is 1.79 bits per heavy atom. The molecule has 0 atom stereocenters. The molecule has 0 aliphatic rings. The standard InChI is InChI=1S/C26H27N5OS/c1-19(2)22-12-6-7-13-23(22)31-25(21-11-8-15-27-17-21)29-30-26(31)33-18-24(32)28-16-14-20-9-4-3-5-10-20/h3-13,15,17,19H,14,16,18H2,1-2H3,(H,28,32). The summed E-state index contributed by atoms with van der Waals surface area (Å²) in [6.07, 6.45) is 4.32. The smallest absolute Gasteiger partial charge is 0.230 e. The molecule has 0 bridgehead atoms. The molecule has 0 spiro atoms. The van der Waals surface area contributed by atoms with Gasteiger partial charge in [-0.1, -0.05) is 74.1 Å². The van der Waals surface area contributed by atoms with Crippen molar-refractivity contribution in [1.82, 2.24) is 25.1 Å². The van der Waals surface area contributed by atoms with Gasteiger partial charge in [-0.05, 0) is 41.7 Å². The predicted molar refractivity (Wildman–Crippen MR) is 133 cm³/mol. The minimum Gasteiger partial charge on any atom is -0.355 e. The molecule has 0 radical (unpaired) electrons. The zero-order valence-corrected chi connectivity index (χ0v) is 19.6. The van der Waals surface area contributed by atoms with E-state index >= 15 is 0 Å². The van der Waals surface area contributed by atoms with E-state index in [-0.39, 0.29) is 11.7 Å². The third-order valence-electron chi connectivity index (χ3n) is 5.26.